The Hall–Kier alpha value is -2.49. The number of carbonyl (C=O) groups excluding carboxylic acids is 1. The minimum absolute atomic E-state index is 0.361. The lowest BCUT2D eigenvalue weighted by atomic mass is 9.92. The fraction of sp³-hybridized carbons (Fsp3) is 0.444. The van der Waals surface area contributed by atoms with Crippen molar-refractivity contribution in [1.82, 2.24) is 15.1 Å². The van der Waals surface area contributed by atoms with Gasteiger partial charge in [0.15, 0.2) is 0 Å². The second kappa shape index (κ2) is 7.63. The number of benzene rings is 1. The number of aromatic nitrogens is 2. The summed E-state index contributed by atoms with van der Waals surface area (Å²) in [4.78, 5) is 11.7. The minimum Gasteiger partial charge on any atom is -0.490 e. The highest BCUT2D eigenvalue weighted by Gasteiger charge is 2.42. The first-order valence-corrected chi connectivity index (χ1v) is 8.53. The van der Waals surface area contributed by atoms with E-state index in [0.717, 1.165) is 0 Å². The van der Waals surface area contributed by atoms with Crippen LogP contribution >= 0.6 is 0 Å². The quantitative estimate of drug-likeness (QED) is 0.591. The van der Waals surface area contributed by atoms with Crippen molar-refractivity contribution in [2.24, 2.45) is 0 Å². The van der Waals surface area contributed by atoms with Crippen LogP contribution in [0.1, 0.15) is 19.9 Å². The highest BCUT2D eigenvalue weighted by molar-refractivity contribution is 5.78. The van der Waals surface area contributed by atoms with E-state index in [-0.39, 0.29) is 5.91 Å². The molecule has 1 aromatic carbocycles. The molecule has 27 heavy (non-hydrogen) atoms. The van der Waals surface area contributed by atoms with Crippen molar-refractivity contribution in [3.63, 3.8) is 0 Å². The number of hydrogen-bond acceptors (Lipinski definition) is 6. The van der Waals surface area contributed by atoms with E-state index in [0.29, 0.717) is 16.7 Å². The SMILES string of the molecule is CC(=O)N[C@H]1[C@H]([C@H](O)[C@H](O)CO)OC(C)=C[C@@H]1n1cc2ccc(F)cc2n1. The zero-order chi connectivity index (χ0) is 19.7. The summed E-state index contributed by atoms with van der Waals surface area (Å²) in [6.45, 7) is 2.33. The van der Waals surface area contributed by atoms with Crippen LogP contribution in [0, 0.1) is 5.82 Å². The predicted octanol–water partition coefficient (Wildman–Crippen LogP) is 0.238. The second-order valence-electron chi connectivity index (χ2n) is 6.63. The number of hydrogen-bond donors (Lipinski definition) is 4. The van der Waals surface area contributed by atoms with E-state index >= 15 is 0 Å². The molecule has 0 saturated carbocycles. The van der Waals surface area contributed by atoms with E-state index in [1.807, 2.05) is 0 Å². The van der Waals surface area contributed by atoms with Crippen LogP contribution in [-0.4, -0.2) is 62.0 Å². The average molecular weight is 379 g/mol. The Kier molecular flexibility index (Phi) is 5.45. The molecule has 1 aromatic heterocycles. The molecule has 8 nitrogen and oxygen atoms in total. The zero-order valence-electron chi connectivity index (χ0n) is 14.9. The number of ether oxygens (including phenoxy) is 1. The van der Waals surface area contributed by atoms with Gasteiger partial charge in [-0.3, -0.25) is 9.48 Å². The molecule has 2 heterocycles. The number of nitrogens with one attached hydrogen (secondary N) is 1. The van der Waals surface area contributed by atoms with Gasteiger partial charge in [-0.05, 0) is 25.1 Å². The topological polar surface area (TPSA) is 117 Å². The molecule has 0 aliphatic carbocycles. The number of allylic oxidation sites excluding steroid dienone is 1. The molecule has 146 valence electrons. The molecule has 2 aromatic rings. The van der Waals surface area contributed by atoms with Gasteiger partial charge in [-0.25, -0.2) is 4.39 Å². The van der Waals surface area contributed by atoms with Crippen molar-refractivity contribution >= 4 is 16.8 Å². The monoisotopic (exact) mass is 379 g/mol. The van der Waals surface area contributed by atoms with Crippen LogP contribution in [0.3, 0.4) is 0 Å². The molecule has 5 atom stereocenters. The van der Waals surface area contributed by atoms with Crippen molar-refractivity contribution in [1.29, 1.82) is 0 Å². The summed E-state index contributed by atoms with van der Waals surface area (Å²) < 4.78 is 20.7. The number of nitrogens with zero attached hydrogens (tertiary/aromatic N) is 2. The smallest absolute Gasteiger partial charge is 0.217 e. The van der Waals surface area contributed by atoms with Crippen LogP contribution < -0.4 is 5.32 Å². The van der Waals surface area contributed by atoms with Crippen LogP contribution in [0.25, 0.3) is 10.9 Å². The number of rotatable bonds is 5. The molecule has 0 fully saturated rings. The summed E-state index contributed by atoms with van der Waals surface area (Å²) >= 11 is 0. The maximum absolute atomic E-state index is 13.5. The van der Waals surface area contributed by atoms with Crippen molar-refractivity contribution in [2.75, 3.05) is 6.61 Å². The van der Waals surface area contributed by atoms with Crippen molar-refractivity contribution in [3.05, 3.63) is 42.0 Å². The summed E-state index contributed by atoms with van der Waals surface area (Å²) in [7, 11) is 0. The lowest BCUT2D eigenvalue weighted by Crippen LogP contribution is -2.57. The molecule has 4 N–H and O–H groups in total. The highest BCUT2D eigenvalue weighted by Crippen LogP contribution is 2.30. The third kappa shape index (κ3) is 3.95. The van der Waals surface area contributed by atoms with Crippen LogP contribution in [0.4, 0.5) is 4.39 Å². The first-order chi connectivity index (χ1) is 12.8. The highest BCUT2D eigenvalue weighted by atomic mass is 19.1. The Bertz CT molecular complexity index is 868. The Morgan fingerprint density at radius 2 is 2.19 bits per heavy atom. The molecule has 0 saturated heterocycles. The fourth-order valence-electron chi connectivity index (χ4n) is 3.28. The normalized spacial score (nSPS) is 24.8. The molecule has 0 spiro atoms. The van der Waals surface area contributed by atoms with E-state index in [2.05, 4.69) is 10.4 Å². The molecule has 1 aliphatic heterocycles. The van der Waals surface area contributed by atoms with Gasteiger partial charge in [0.25, 0.3) is 0 Å². The van der Waals surface area contributed by atoms with Gasteiger partial charge in [-0.2, -0.15) is 5.10 Å². The fourth-order valence-corrected chi connectivity index (χ4v) is 3.28. The Morgan fingerprint density at radius 1 is 1.44 bits per heavy atom. The van der Waals surface area contributed by atoms with Crippen LogP contribution in [0.2, 0.25) is 0 Å². The molecule has 0 radical (unpaired) electrons. The summed E-state index contributed by atoms with van der Waals surface area (Å²) in [5, 5.41) is 37.2. The third-order valence-electron chi connectivity index (χ3n) is 4.53. The van der Waals surface area contributed by atoms with Gasteiger partial charge in [-0.1, -0.05) is 0 Å². The Morgan fingerprint density at radius 3 is 2.85 bits per heavy atom. The van der Waals surface area contributed by atoms with Gasteiger partial charge < -0.3 is 25.4 Å². The lowest BCUT2D eigenvalue weighted by molar-refractivity contribution is -0.127. The summed E-state index contributed by atoms with van der Waals surface area (Å²) in [6, 6.07) is 2.90. The van der Waals surface area contributed by atoms with E-state index in [1.54, 1.807) is 29.9 Å². The van der Waals surface area contributed by atoms with Crippen molar-refractivity contribution in [3.8, 4) is 0 Å². The van der Waals surface area contributed by atoms with Gasteiger partial charge in [0.1, 0.15) is 24.1 Å². The van der Waals surface area contributed by atoms with Gasteiger partial charge in [-0.15, -0.1) is 0 Å². The van der Waals surface area contributed by atoms with Crippen LogP contribution in [0.15, 0.2) is 36.2 Å². The van der Waals surface area contributed by atoms with E-state index < -0.39 is 42.8 Å². The molecule has 0 bridgehead atoms. The lowest BCUT2D eigenvalue weighted by Gasteiger charge is -2.40. The number of amides is 1. The second-order valence-corrected chi connectivity index (χ2v) is 6.63. The van der Waals surface area contributed by atoms with Crippen LogP contribution in [-0.2, 0) is 9.53 Å². The molecule has 1 aliphatic rings. The number of aliphatic hydroxyl groups excluding tert-OH is 3. The molecule has 1 amide bonds. The van der Waals surface area contributed by atoms with Crippen LogP contribution in [0.5, 0.6) is 0 Å². The molecular weight excluding hydrogens is 357 g/mol. The number of halogens is 1. The first-order valence-electron chi connectivity index (χ1n) is 8.53. The Labute approximate surface area is 154 Å². The minimum atomic E-state index is -1.44. The van der Waals surface area contributed by atoms with E-state index in [4.69, 9.17) is 9.84 Å². The maximum atomic E-state index is 13.5. The van der Waals surface area contributed by atoms with Gasteiger partial charge >= 0.3 is 0 Å². The van der Waals surface area contributed by atoms with Gasteiger partial charge in [0.05, 0.1) is 30.0 Å². The maximum Gasteiger partial charge on any atom is 0.217 e. The average Bonchev–Trinajstić information content (AvgIpc) is 3.04. The summed E-state index contributed by atoms with van der Waals surface area (Å²) in [5.74, 6) is -0.314. The molecule has 9 heteroatoms. The van der Waals surface area contributed by atoms with E-state index in [9.17, 15) is 19.4 Å². The number of aliphatic hydroxyl groups is 3. The largest absolute Gasteiger partial charge is 0.490 e. The van der Waals surface area contributed by atoms with Crippen molar-refractivity contribution in [2.45, 2.75) is 44.2 Å². The summed E-state index contributed by atoms with van der Waals surface area (Å²) in [5.41, 5.74) is 0.446. The molecule has 0 unspecified atom stereocenters. The third-order valence-corrected chi connectivity index (χ3v) is 4.53. The standard InChI is InChI=1S/C18H22FN3O5/c1-9-5-14(22-7-11-3-4-12(19)6-13(11)21-22)16(20-10(2)24)18(27-9)17(26)15(25)8-23/h3-7,14-18,23,25-26H,8H2,1-2H3,(H,20,24)/t14-,15+,16+,17+,18+/m0/s1. The molecule has 3 rings (SSSR count). The zero-order valence-corrected chi connectivity index (χ0v) is 14.9. The number of fused-ring (bicyclic) bond motifs is 1. The van der Waals surface area contributed by atoms with Crippen molar-refractivity contribution < 1.29 is 29.2 Å². The molecular formula is C18H22FN3O5. The Balaban J connectivity index is 2.03. The van der Waals surface area contributed by atoms with Gasteiger partial charge in [0, 0.05) is 24.6 Å². The first kappa shape index (κ1) is 19.3. The predicted molar refractivity (Wildman–Crippen MR) is 94.1 cm³/mol. The summed E-state index contributed by atoms with van der Waals surface area (Å²) in [6.07, 6.45) is -0.480. The van der Waals surface area contributed by atoms with Gasteiger partial charge in [0.2, 0.25) is 5.91 Å². The van der Waals surface area contributed by atoms with E-state index in [1.165, 1.54) is 19.1 Å². The number of carbonyl (C=O) groups is 1.